The normalized spacial score (nSPS) is 12.1. The number of hydrogen-bond acceptors (Lipinski definition) is 3. The molecule has 0 spiro atoms. The Hall–Kier alpha value is -2.58. The minimum absolute atomic E-state index is 0.0109. The first kappa shape index (κ1) is 18.2. The highest BCUT2D eigenvalue weighted by Gasteiger charge is 2.20. The molecule has 1 unspecified atom stereocenters. The summed E-state index contributed by atoms with van der Waals surface area (Å²) in [4.78, 5) is 14.2. The maximum Gasteiger partial charge on any atom is 0.279 e. The van der Waals surface area contributed by atoms with Crippen LogP contribution in [0.1, 0.15) is 10.6 Å². The molecule has 4 nitrogen and oxygen atoms in total. The van der Waals surface area contributed by atoms with Crippen molar-refractivity contribution in [1.29, 1.82) is 0 Å². The standard InChI is InChI=1S/C18H15F3N2O2S/c19-14-5-6-15(18(21)17(14)20)22-16(24)11-23(9-12-3-1-7-25-12)10-13-4-2-8-26-13/h1-8H,9-11H2,(H,22,24)/p+1. The van der Waals surface area contributed by atoms with Crippen LogP contribution >= 0.6 is 11.3 Å². The molecule has 136 valence electrons. The summed E-state index contributed by atoms with van der Waals surface area (Å²) in [5, 5.41) is 4.24. The number of furan rings is 1. The summed E-state index contributed by atoms with van der Waals surface area (Å²) in [6.07, 6.45) is 1.55. The van der Waals surface area contributed by atoms with E-state index in [9.17, 15) is 18.0 Å². The van der Waals surface area contributed by atoms with Crippen molar-refractivity contribution >= 4 is 22.9 Å². The number of halogens is 3. The van der Waals surface area contributed by atoms with Crippen molar-refractivity contribution in [3.05, 3.63) is 76.1 Å². The minimum atomic E-state index is -1.61. The van der Waals surface area contributed by atoms with Crippen LogP contribution in [0.25, 0.3) is 0 Å². The van der Waals surface area contributed by atoms with Crippen LogP contribution in [0.4, 0.5) is 18.9 Å². The molecule has 1 atom stereocenters. The van der Waals surface area contributed by atoms with Crippen LogP contribution in [-0.4, -0.2) is 12.5 Å². The Morgan fingerprint density at radius 3 is 2.62 bits per heavy atom. The van der Waals surface area contributed by atoms with Gasteiger partial charge in [-0.15, -0.1) is 11.3 Å². The van der Waals surface area contributed by atoms with E-state index < -0.39 is 23.4 Å². The third-order valence-electron chi connectivity index (χ3n) is 3.73. The number of quaternary nitrogens is 1. The lowest BCUT2D eigenvalue weighted by molar-refractivity contribution is -0.920. The van der Waals surface area contributed by atoms with E-state index in [0.717, 1.165) is 21.9 Å². The molecule has 2 aromatic heterocycles. The number of carbonyl (C=O) groups excluding carboxylic acids is 1. The highest BCUT2D eigenvalue weighted by atomic mass is 32.1. The van der Waals surface area contributed by atoms with E-state index in [-0.39, 0.29) is 12.2 Å². The minimum Gasteiger partial charge on any atom is -0.463 e. The molecule has 2 heterocycles. The third kappa shape index (κ3) is 4.53. The molecule has 0 aliphatic carbocycles. The summed E-state index contributed by atoms with van der Waals surface area (Å²) in [7, 11) is 0. The predicted molar refractivity (Wildman–Crippen MR) is 91.2 cm³/mol. The highest BCUT2D eigenvalue weighted by Crippen LogP contribution is 2.19. The van der Waals surface area contributed by atoms with Gasteiger partial charge >= 0.3 is 0 Å². The third-order valence-corrected chi connectivity index (χ3v) is 4.60. The molecular weight excluding hydrogens is 365 g/mol. The van der Waals surface area contributed by atoms with Gasteiger partial charge in [-0.2, -0.15) is 0 Å². The molecule has 0 saturated carbocycles. The van der Waals surface area contributed by atoms with Gasteiger partial charge in [0.25, 0.3) is 5.91 Å². The average Bonchev–Trinajstić information content (AvgIpc) is 3.29. The maximum absolute atomic E-state index is 13.7. The molecule has 0 bridgehead atoms. The summed E-state index contributed by atoms with van der Waals surface area (Å²) in [6.45, 7) is 1.04. The predicted octanol–water partition coefficient (Wildman–Crippen LogP) is 2.98. The zero-order valence-electron chi connectivity index (χ0n) is 13.6. The molecule has 3 rings (SSSR count). The number of rotatable bonds is 7. The van der Waals surface area contributed by atoms with Gasteiger partial charge in [0.05, 0.1) is 16.8 Å². The lowest BCUT2D eigenvalue weighted by Gasteiger charge is -2.17. The average molecular weight is 381 g/mol. The van der Waals surface area contributed by atoms with Gasteiger partial charge in [-0.25, -0.2) is 13.2 Å². The lowest BCUT2D eigenvalue weighted by atomic mass is 10.2. The van der Waals surface area contributed by atoms with Crippen molar-refractivity contribution < 1.29 is 27.3 Å². The van der Waals surface area contributed by atoms with E-state index in [1.807, 2.05) is 17.5 Å². The van der Waals surface area contributed by atoms with Crippen molar-refractivity contribution in [2.75, 3.05) is 11.9 Å². The Morgan fingerprint density at radius 2 is 1.92 bits per heavy atom. The van der Waals surface area contributed by atoms with Gasteiger partial charge < -0.3 is 14.6 Å². The lowest BCUT2D eigenvalue weighted by Crippen LogP contribution is -3.10. The van der Waals surface area contributed by atoms with Gasteiger partial charge in [0.2, 0.25) is 0 Å². The summed E-state index contributed by atoms with van der Waals surface area (Å²) in [5.74, 6) is -4.12. The Labute approximate surface area is 151 Å². The molecule has 0 radical (unpaired) electrons. The van der Waals surface area contributed by atoms with Crippen LogP contribution in [0.3, 0.4) is 0 Å². The fourth-order valence-corrected chi connectivity index (χ4v) is 3.33. The first-order chi connectivity index (χ1) is 12.5. The largest absolute Gasteiger partial charge is 0.463 e. The first-order valence-corrected chi connectivity index (χ1v) is 8.72. The number of hydrogen-bond donors (Lipinski definition) is 2. The molecule has 2 N–H and O–H groups in total. The fourth-order valence-electron chi connectivity index (χ4n) is 2.55. The van der Waals surface area contributed by atoms with E-state index in [1.165, 1.54) is 0 Å². The van der Waals surface area contributed by atoms with Crippen LogP contribution in [0.15, 0.2) is 52.5 Å². The van der Waals surface area contributed by atoms with Crippen molar-refractivity contribution in [2.45, 2.75) is 13.1 Å². The summed E-state index contributed by atoms with van der Waals surface area (Å²) >= 11 is 1.57. The van der Waals surface area contributed by atoms with E-state index in [2.05, 4.69) is 5.32 Å². The van der Waals surface area contributed by atoms with Crippen LogP contribution in [0.5, 0.6) is 0 Å². The van der Waals surface area contributed by atoms with Crippen LogP contribution in [0, 0.1) is 17.5 Å². The van der Waals surface area contributed by atoms with Crippen LogP contribution in [-0.2, 0) is 17.9 Å². The molecule has 26 heavy (non-hydrogen) atoms. The topological polar surface area (TPSA) is 46.7 Å². The second-order valence-electron chi connectivity index (χ2n) is 5.71. The van der Waals surface area contributed by atoms with Crippen LogP contribution in [0.2, 0.25) is 0 Å². The zero-order valence-corrected chi connectivity index (χ0v) is 14.4. The highest BCUT2D eigenvalue weighted by molar-refractivity contribution is 7.09. The van der Waals surface area contributed by atoms with Gasteiger partial charge in [0.1, 0.15) is 13.1 Å². The van der Waals surface area contributed by atoms with Gasteiger partial charge in [0.15, 0.2) is 29.8 Å². The van der Waals surface area contributed by atoms with E-state index >= 15 is 0 Å². The Balaban J connectivity index is 1.69. The Morgan fingerprint density at radius 1 is 1.08 bits per heavy atom. The Bertz CT molecular complexity index is 831. The summed E-state index contributed by atoms with van der Waals surface area (Å²) in [6, 6.07) is 9.21. The molecular formula is C18H16F3N2O2S+. The summed E-state index contributed by atoms with van der Waals surface area (Å²) in [5.41, 5.74) is -0.387. The quantitative estimate of drug-likeness (QED) is 0.618. The number of nitrogens with one attached hydrogen (secondary N) is 2. The van der Waals surface area contributed by atoms with Crippen LogP contribution < -0.4 is 10.2 Å². The SMILES string of the molecule is O=C(C[NH+](Cc1ccco1)Cc1cccs1)Nc1ccc(F)c(F)c1F. The van der Waals surface area contributed by atoms with Gasteiger partial charge in [0, 0.05) is 0 Å². The molecule has 0 aliphatic heterocycles. The Kier molecular flexibility index (Phi) is 5.75. The van der Waals surface area contributed by atoms with Crippen molar-refractivity contribution in [2.24, 2.45) is 0 Å². The molecule has 1 amide bonds. The number of benzene rings is 1. The van der Waals surface area contributed by atoms with Crippen molar-refractivity contribution in [3.63, 3.8) is 0 Å². The molecule has 0 fully saturated rings. The monoisotopic (exact) mass is 381 g/mol. The van der Waals surface area contributed by atoms with E-state index in [0.29, 0.717) is 18.8 Å². The molecule has 1 aromatic carbocycles. The first-order valence-electron chi connectivity index (χ1n) is 7.84. The number of carbonyl (C=O) groups is 1. The zero-order chi connectivity index (χ0) is 18.5. The number of thiophene rings is 1. The smallest absolute Gasteiger partial charge is 0.279 e. The number of anilines is 1. The van der Waals surface area contributed by atoms with Gasteiger partial charge in [-0.05, 0) is 35.7 Å². The molecule has 8 heteroatoms. The second-order valence-corrected chi connectivity index (χ2v) is 6.74. The van der Waals surface area contributed by atoms with Gasteiger partial charge in [-0.1, -0.05) is 6.07 Å². The summed E-state index contributed by atoms with van der Waals surface area (Å²) < 4.78 is 45.3. The van der Waals surface area contributed by atoms with E-state index in [4.69, 9.17) is 4.42 Å². The molecule has 0 aliphatic rings. The maximum atomic E-state index is 13.7. The van der Waals surface area contributed by atoms with Gasteiger partial charge in [-0.3, -0.25) is 4.79 Å². The van der Waals surface area contributed by atoms with Crippen molar-refractivity contribution in [1.82, 2.24) is 0 Å². The second kappa shape index (κ2) is 8.20. The molecule has 0 saturated heterocycles. The molecule has 3 aromatic rings. The van der Waals surface area contributed by atoms with Crippen molar-refractivity contribution in [3.8, 4) is 0 Å². The van der Waals surface area contributed by atoms with E-state index in [1.54, 1.807) is 29.7 Å². The fraction of sp³-hybridized carbons (Fsp3) is 0.167. The number of amides is 1.